The van der Waals surface area contributed by atoms with Gasteiger partial charge in [-0.3, -0.25) is 4.79 Å². The van der Waals surface area contributed by atoms with Crippen molar-refractivity contribution in [3.8, 4) is 5.75 Å². The van der Waals surface area contributed by atoms with Gasteiger partial charge in [0.15, 0.2) is 6.10 Å². The molecule has 1 aliphatic carbocycles. The highest BCUT2D eigenvalue weighted by Crippen LogP contribution is 2.35. The smallest absolute Gasteiger partial charge is 0.265 e. The second kappa shape index (κ2) is 4.46. The number of hydrogen-bond acceptors (Lipinski definition) is 4. The van der Waals surface area contributed by atoms with Gasteiger partial charge in [0.2, 0.25) is 10.0 Å². The quantitative estimate of drug-likeness (QED) is 0.876. The van der Waals surface area contributed by atoms with Crippen molar-refractivity contribution in [1.82, 2.24) is 4.72 Å². The van der Waals surface area contributed by atoms with Crippen molar-refractivity contribution in [2.45, 2.75) is 43.7 Å². The van der Waals surface area contributed by atoms with Crippen LogP contribution < -0.4 is 14.8 Å². The van der Waals surface area contributed by atoms with E-state index in [0.29, 0.717) is 17.0 Å². The molecule has 1 heterocycles. The molecule has 2 aliphatic rings. The van der Waals surface area contributed by atoms with Gasteiger partial charge in [-0.2, -0.15) is 0 Å². The third-order valence-electron chi connectivity index (χ3n) is 3.40. The van der Waals surface area contributed by atoms with Gasteiger partial charge in [-0.25, -0.2) is 13.1 Å². The van der Waals surface area contributed by atoms with Crippen LogP contribution in [0.1, 0.15) is 25.3 Å². The fourth-order valence-electron chi connectivity index (χ4n) is 2.12. The maximum absolute atomic E-state index is 12.3. The highest BCUT2D eigenvalue weighted by Gasteiger charge is 2.31. The number of fused-ring (bicyclic) bond motifs is 1. The molecule has 3 rings (SSSR count). The molecule has 1 atom stereocenters. The van der Waals surface area contributed by atoms with Crippen LogP contribution in [0.5, 0.6) is 5.75 Å². The Kier molecular flexibility index (Phi) is 2.98. The van der Waals surface area contributed by atoms with Crippen LogP contribution in [-0.2, 0) is 14.8 Å². The molecule has 7 heteroatoms. The van der Waals surface area contributed by atoms with Crippen LogP contribution in [0.25, 0.3) is 0 Å². The van der Waals surface area contributed by atoms with E-state index in [-0.39, 0.29) is 16.8 Å². The zero-order valence-corrected chi connectivity index (χ0v) is 12.1. The van der Waals surface area contributed by atoms with E-state index in [1.807, 2.05) is 0 Å². The predicted octanol–water partition coefficient (Wildman–Crippen LogP) is 1.16. The lowest BCUT2D eigenvalue weighted by molar-refractivity contribution is -0.122. The maximum atomic E-state index is 12.3. The monoisotopic (exact) mass is 296 g/mol. The summed E-state index contributed by atoms with van der Waals surface area (Å²) in [6.45, 7) is 3.32. The van der Waals surface area contributed by atoms with E-state index in [9.17, 15) is 13.2 Å². The van der Waals surface area contributed by atoms with Crippen LogP contribution in [0.4, 0.5) is 5.69 Å². The first kappa shape index (κ1) is 13.4. The lowest BCUT2D eigenvalue weighted by Crippen LogP contribution is -2.35. The van der Waals surface area contributed by atoms with E-state index in [2.05, 4.69) is 10.0 Å². The molecule has 1 unspecified atom stereocenters. The van der Waals surface area contributed by atoms with Crippen LogP contribution >= 0.6 is 0 Å². The van der Waals surface area contributed by atoms with Crippen LogP contribution in [0.3, 0.4) is 0 Å². The van der Waals surface area contributed by atoms with Gasteiger partial charge in [0, 0.05) is 12.1 Å². The number of amides is 1. The van der Waals surface area contributed by atoms with E-state index >= 15 is 0 Å². The number of carbonyl (C=O) groups is 1. The summed E-state index contributed by atoms with van der Waals surface area (Å²) in [5.41, 5.74) is 1.09. The van der Waals surface area contributed by atoms with E-state index in [1.165, 1.54) is 6.07 Å². The fourth-order valence-corrected chi connectivity index (χ4v) is 3.66. The molecule has 6 nitrogen and oxygen atoms in total. The topological polar surface area (TPSA) is 84.5 Å². The molecule has 108 valence electrons. The number of hydrogen-bond donors (Lipinski definition) is 2. The molecular formula is C13H16N2O4S. The molecule has 2 N–H and O–H groups in total. The molecule has 0 spiro atoms. The fraction of sp³-hybridized carbons (Fsp3) is 0.462. The standard InChI is InChI=1S/C13H16N2O4S/c1-7-5-10-11(19-8(2)13(16)14-10)6-12(7)20(17,18)15-9-3-4-9/h5-6,8-9,15H,3-4H2,1-2H3,(H,14,16). The number of aryl methyl sites for hydroxylation is 1. The molecule has 1 aliphatic heterocycles. The Labute approximate surface area is 117 Å². The number of ether oxygens (including phenoxy) is 1. The summed E-state index contributed by atoms with van der Waals surface area (Å²) < 4.78 is 32.7. The number of sulfonamides is 1. The zero-order valence-electron chi connectivity index (χ0n) is 11.3. The molecule has 20 heavy (non-hydrogen) atoms. The molecule has 1 amide bonds. The van der Waals surface area contributed by atoms with Gasteiger partial charge >= 0.3 is 0 Å². The highest BCUT2D eigenvalue weighted by atomic mass is 32.2. The minimum absolute atomic E-state index is 0.0509. The second-order valence-electron chi connectivity index (χ2n) is 5.26. The summed E-state index contributed by atoms with van der Waals surface area (Å²) in [6.07, 6.45) is 1.14. The van der Waals surface area contributed by atoms with Crippen molar-refractivity contribution in [1.29, 1.82) is 0 Å². The molecule has 0 saturated heterocycles. The van der Waals surface area contributed by atoms with Gasteiger partial charge in [-0.15, -0.1) is 0 Å². The molecule has 0 aromatic heterocycles. The summed E-state index contributed by atoms with van der Waals surface area (Å²) >= 11 is 0. The Hall–Kier alpha value is -1.60. The number of benzene rings is 1. The zero-order chi connectivity index (χ0) is 14.5. The summed E-state index contributed by atoms with van der Waals surface area (Å²) in [6, 6.07) is 3.15. The van der Waals surface area contributed by atoms with Crippen molar-refractivity contribution in [3.05, 3.63) is 17.7 Å². The number of carbonyl (C=O) groups excluding carboxylic acids is 1. The first-order valence-electron chi connectivity index (χ1n) is 6.51. The second-order valence-corrected chi connectivity index (χ2v) is 6.94. The van der Waals surface area contributed by atoms with Gasteiger partial charge in [0.25, 0.3) is 5.91 Å². The lowest BCUT2D eigenvalue weighted by Gasteiger charge is -2.24. The van der Waals surface area contributed by atoms with Gasteiger partial charge in [0.1, 0.15) is 5.75 Å². The van der Waals surface area contributed by atoms with Gasteiger partial charge in [-0.05, 0) is 38.3 Å². The summed E-state index contributed by atoms with van der Waals surface area (Å²) in [7, 11) is -3.53. The molecule has 1 saturated carbocycles. The molecule has 0 radical (unpaired) electrons. The van der Waals surface area contributed by atoms with E-state index in [4.69, 9.17) is 4.74 Å². The largest absolute Gasteiger partial charge is 0.479 e. The summed E-state index contributed by atoms with van der Waals surface area (Å²) in [5.74, 6) is 0.155. The summed E-state index contributed by atoms with van der Waals surface area (Å²) in [4.78, 5) is 11.7. The van der Waals surface area contributed by atoms with Crippen molar-refractivity contribution in [2.24, 2.45) is 0 Å². The van der Waals surface area contributed by atoms with Crippen LogP contribution in [0.15, 0.2) is 17.0 Å². The predicted molar refractivity (Wildman–Crippen MR) is 73.2 cm³/mol. The average molecular weight is 296 g/mol. The first-order valence-corrected chi connectivity index (χ1v) is 7.99. The number of nitrogens with one attached hydrogen (secondary N) is 2. The van der Waals surface area contributed by atoms with E-state index in [1.54, 1.807) is 19.9 Å². The van der Waals surface area contributed by atoms with E-state index in [0.717, 1.165) is 12.8 Å². The van der Waals surface area contributed by atoms with Crippen molar-refractivity contribution < 1.29 is 17.9 Å². The van der Waals surface area contributed by atoms with Gasteiger partial charge < -0.3 is 10.1 Å². The van der Waals surface area contributed by atoms with Crippen molar-refractivity contribution in [2.75, 3.05) is 5.32 Å². The van der Waals surface area contributed by atoms with Crippen LogP contribution in [0, 0.1) is 6.92 Å². The minimum atomic E-state index is -3.53. The third kappa shape index (κ3) is 2.38. The third-order valence-corrected chi connectivity index (χ3v) is 5.06. The molecule has 1 aromatic carbocycles. The SMILES string of the molecule is Cc1cc2c(cc1S(=O)(=O)NC1CC1)OC(C)C(=O)N2. The minimum Gasteiger partial charge on any atom is -0.479 e. The van der Waals surface area contributed by atoms with Gasteiger partial charge in [-0.1, -0.05) is 0 Å². The van der Waals surface area contributed by atoms with Crippen LogP contribution in [0.2, 0.25) is 0 Å². The number of anilines is 1. The Bertz CT molecular complexity index is 680. The molecule has 0 bridgehead atoms. The highest BCUT2D eigenvalue weighted by molar-refractivity contribution is 7.89. The average Bonchev–Trinajstić information content (AvgIpc) is 3.13. The molecule has 1 fully saturated rings. The summed E-state index contributed by atoms with van der Waals surface area (Å²) in [5, 5.41) is 2.70. The Morgan fingerprint density at radius 3 is 2.70 bits per heavy atom. The molecule has 1 aromatic rings. The maximum Gasteiger partial charge on any atom is 0.265 e. The van der Waals surface area contributed by atoms with E-state index < -0.39 is 16.1 Å². The normalized spacial score (nSPS) is 21.9. The van der Waals surface area contributed by atoms with Gasteiger partial charge in [0.05, 0.1) is 10.6 Å². The Morgan fingerprint density at radius 1 is 1.35 bits per heavy atom. The Morgan fingerprint density at radius 2 is 2.05 bits per heavy atom. The Balaban J connectivity index is 2.01. The van der Waals surface area contributed by atoms with Crippen LogP contribution in [-0.4, -0.2) is 26.5 Å². The lowest BCUT2D eigenvalue weighted by atomic mass is 10.1. The molecular weight excluding hydrogens is 280 g/mol. The van der Waals surface area contributed by atoms with Crippen molar-refractivity contribution >= 4 is 21.6 Å². The number of rotatable bonds is 3. The van der Waals surface area contributed by atoms with Crippen molar-refractivity contribution in [3.63, 3.8) is 0 Å². The first-order chi connectivity index (χ1) is 9.37.